The van der Waals surface area contributed by atoms with E-state index in [9.17, 15) is 0 Å². The largest absolute Gasteiger partial charge is 0.255 e. The highest BCUT2D eigenvalue weighted by Gasteiger charge is 2.18. The summed E-state index contributed by atoms with van der Waals surface area (Å²) in [5.74, 6) is 0. The highest BCUT2D eigenvalue weighted by molar-refractivity contribution is 6.05. The maximum absolute atomic E-state index is 5.26. The molecular formula is C41H25N5. The number of rotatable bonds is 4. The van der Waals surface area contributed by atoms with Crippen molar-refractivity contribution in [2.75, 3.05) is 0 Å². The number of hydrogen-bond donors (Lipinski definition) is 0. The van der Waals surface area contributed by atoms with Crippen LogP contribution in [0.4, 0.5) is 0 Å². The molecule has 0 spiro atoms. The number of pyridine rings is 3. The number of para-hydroxylation sites is 2. The molecule has 0 unspecified atom stereocenters. The zero-order chi connectivity index (χ0) is 30.5. The normalized spacial score (nSPS) is 11.5. The molecule has 46 heavy (non-hydrogen) atoms. The summed E-state index contributed by atoms with van der Waals surface area (Å²) < 4.78 is 0. The highest BCUT2D eigenvalue weighted by atomic mass is 14.8. The van der Waals surface area contributed by atoms with Gasteiger partial charge in [0, 0.05) is 33.7 Å². The third kappa shape index (κ3) is 4.45. The zero-order valence-electron chi connectivity index (χ0n) is 24.7. The van der Waals surface area contributed by atoms with E-state index in [1.807, 2.05) is 66.7 Å². The van der Waals surface area contributed by atoms with Gasteiger partial charge in [0.05, 0.1) is 50.5 Å². The van der Waals surface area contributed by atoms with Crippen molar-refractivity contribution in [3.63, 3.8) is 0 Å². The minimum Gasteiger partial charge on any atom is -0.255 e. The van der Waals surface area contributed by atoms with Gasteiger partial charge in [-0.25, -0.2) is 19.9 Å². The lowest BCUT2D eigenvalue weighted by atomic mass is 9.94. The standard InChI is InChI=1S/C41H25N5/c1-2-10-26(11-3-1)40-41(46-36-16-7-6-15-35(36)44-40)32-25-30(24-29-12-4-5-13-31(29)32)33-21-19-27-17-18-28-20-22-37(34-14-8-9-23-42-34)45-39(28)38(27)43-33/h1-25H. The monoisotopic (exact) mass is 587 g/mol. The lowest BCUT2D eigenvalue weighted by molar-refractivity contribution is 1.27. The van der Waals surface area contributed by atoms with Gasteiger partial charge in [0.2, 0.25) is 0 Å². The van der Waals surface area contributed by atoms with Crippen LogP contribution in [0.3, 0.4) is 0 Å². The smallest absolute Gasteiger partial charge is 0.0979 e. The first-order valence-corrected chi connectivity index (χ1v) is 15.3. The fraction of sp³-hybridized carbons (Fsp3) is 0. The molecular weight excluding hydrogens is 562 g/mol. The van der Waals surface area contributed by atoms with Crippen LogP contribution in [0.1, 0.15) is 0 Å². The lowest BCUT2D eigenvalue weighted by Crippen LogP contribution is -1.97. The Hall–Kier alpha value is -6.33. The van der Waals surface area contributed by atoms with Gasteiger partial charge < -0.3 is 0 Å². The first-order valence-electron chi connectivity index (χ1n) is 15.3. The van der Waals surface area contributed by atoms with Crippen LogP contribution in [0.5, 0.6) is 0 Å². The van der Waals surface area contributed by atoms with E-state index in [-0.39, 0.29) is 0 Å². The number of fused-ring (bicyclic) bond motifs is 5. The topological polar surface area (TPSA) is 64.5 Å². The van der Waals surface area contributed by atoms with E-state index in [2.05, 4.69) is 83.8 Å². The number of hydrogen-bond acceptors (Lipinski definition) is 5. The van der Waals surface area contributed by atoms with E-state index in [0.717, 1.165) is 88.8 Å². The van der Waals surface area contributed by atoms with Gasteiger partial charge in [-0.3, -0.25) is 4.98 Å². The summed E-state index contributed by atoms with van der Waals surface area (Å²) in [6.45, 7) is 0. The van der Waals surface area contributed by atoms with E-state index in [4.69, 9.17) is 19.9 Å². The SMILES string of the molecule is c1ccc(-c2nc3ccccc3nc2-c2cc(-c3ccc4ccc5ccc(-c6ccccn6)nc5c4n3)cc3ccccc23)cc1. The molecule has 0 fully saturated rings. The molecule has 4 heterocycles. The molecule has 0 bridgehead atoms. The van der Waals surface area contributed by atoms with Crippen LogP contribution in [0.25, 0.3) is 88.8 Å². The molecule has 0 aliphatic rings. The Balaban J connectivity index is 1.29. The van der Waals surface area contributed by atoms with Crippen LogP contribution in [0.2, 0.25) is 0 Å². The average Bonchev–Trinajstić information content (AvgIpc) is 3.14. The maximum atomic E-state index is 5.26. The molecule has 5 heteroatoms. The van der Waals surface area contributed by atoms with Crippen LogP contribution in [-0.4, -0.2) is 24.9 Å². The van der Waals surface area contributed by atoms with Crippen molar-refractivity contribution in [3.05, 3.63) is 152 Å². The van der Waals surface area contributed by atoms with E-state index in [0.29, 0.717) is 0 Å². The molecule has 0 saturated carbocycles. The molecule has 0 amide bonds. The summed E-state index contributed by atoms with van der Waals surface area (Å²) >= 11 is 0. The fourth-order valence-electron chi connectivity index (χ4n) is 6.22. The Bertz CT molecular complexity index is 2580. The predicted octanol–water partition coefficient (Wildman–Crippen LogP) is 9.94. The molecule has 0 saturated heterocycles. The molecule has 9 aromatic rings. The third-order valence-corrected chi connectivity index (χ3v) is 8.48. The molecule has 9 rings (SSSR count). The summed E-state index contributed by atoms with van der Waals surface area (Å²) in [6, 6.07) is 49.7. The summed E-state index contributed by atoms with van der Waals surface area (Å²) in [5, 5.41) is 4.30. The Morgan fingerprint density at radius 2 is 1.00 bits per heavy atom. The minimum absolute atomic E-state index is 0.823. The second kappa shape index (κ2) is 10.7. The molecule has 5 aromatic carbocycles. The van der Waals surface area contributed by atoms with Crippen LogP contribution in [0.15, 0.2) is 152 Å². The van der Waals surface area contributed by atoms with Crippen LogP contribution < -0.4 is 0 Å². The van der Waals surface area contributed by atoms with E-state index < -0.39 is 0 Å². The molecule has 4 aromatic heterocycles. The van der Waals surface area contributed by atoms with Gasteiger partial charge in [-0.1, -0.05) is 97.1 Å². The predicted molar refractivity (Wildman–Crippen MR) is 187 cm³/mol. The van der Waals surface area contributed by atoms with Crippen LogP contribution in [-0.2, 0) is 0 Å². The second-order valence-electron chi connectivity index (χ2n) is 11.3. The van der Waals surface area contributed by atoms with Crippen molar-refractivity contribution >= 4 is 43.6 Å². The average molecular weight is 588 g/mol. The van der Waals surface area contributed by atoms with Gasteiger partial charge in [-0.2, -0.15) is 0 Å². The summed E-state index contributed by atoms with van der Waals surface area (Å²) in [7, 11) is 0. The summed E-state index contributed by atoms with van der Waals surface area (Å²) in [4.78, 5) is 25.2. The Kier molecular flexibility index (Phi) is 6.06. The van der Waals surface area contributed by atoms with Gasteiger partial charge >= 0.3 is 0 Å². The molecule has 0 atom stereocenters. The fourth-order valence-corrected chi connectivity index (χ4v) is 6.22. The Labute approximate surface area is 264 Å². The summed E-state index contributed by atoms with van der Waals surface area (Å²) in [6.07, 6.45) is 1.79. The summed E-state index contributed by atoms with van der Waals surface area (Å²) in [5.41, 5.74) is 10.7. The van der Waals surface area contributed by atoms with Gasteiger partial charge in [0.15, 0.2) is 0 Å². The van der Waals surface area contributed by atoms with Crippen molar-refractivity contribution in [2.45, 2.75) is 0 Å². The van der Waals surface area contributed by atoms with E-state index in [1.54, 1.807) is 6.20 Å². The number of benzene rings is 5. The quantitative estimate of drug-likeness (QED) is 0.192. The third-order valence-electron chi connectivity index (χ3n) is 8.48. The number of nitrogens with zero attached hydrogens (tertiary/aromatic N) is 5. The minimum atomic E-state index is 0.823. The Morgan fingerprint density at radius 1 is 0.370 bits per heavy atom. The zero-order valence-corrected chi connectivity index (χ0v) is 24.7. The molecule has 214 valence electrons. The molecule has 0 aliphatic carbocycles. The first kappa shape index (κ1) is 26.1. The van der Waals surface area contributed by atoms with Crippen molar-refractivity contribution in [1.82, 2.24) is 24.9 Å². The lowest BCUT2D eigenvalue weighted by Gasteiger charge is -2.15. The van der Waals surface area contributed by atoms with Crippen molar-refractivity contribution < 1.29 is 0 Å². The van der Waals surface area contributed by atoms with Crippen molar-refractivity contribution in [3.8, 4) is 45.2 Å². The van der Waals surface area contributed by atoms with E-state index in [1.165, 1.54) is 0 Å². The number of aromatic nitrogens is 5. The molecule has 0 N–H and O–H groups in total. The van der Waals surface area contributed by atoms with Gasteiger partial charge in [0.25, 0.3) is 0 Å². The van der Waals surface area contributed by atoms with Gasteiger partial charge in [-0.15, -0.1) is 0 Å². The van der Waals surface area contributed by atoms with Crippen molar-refractivity contribution in [2.24, 2.45) is 0 Å². The van der Waals surface area contributed by atoms with Gasteiger partial charge in [0.1, 0.15) is 0 Å². The Morgan fingerprint density at radius 3 is 1.76 bits per heavy atom. The van der Waals surface area contributed by atoms with Gasteiger partial charge in [-0.05, 0) is 59.3 Å². The second-order valence-corrected chi connectivity index (χ2v) is 11.3. The van der Waals surface area contributed by atoms with Crippen LogP contribution >= 0.6 is 0 Å². The van der Waals surface area contributed by atoms with Crippen LogP contribution in [0, 0.1) is 0 Å². The molecule has 5 nitrogen and oxygen atoms in total. The maximum Gasteiger partial charge on any atom is 0.0979 e. The molecule has 0 radical (unpaired) electrons. The highest BCUT2D eigenvalue weighted by Crippen LogP contribution is 2.38. The first-order chi connectivity index (χ1) is 22.8. The van der Waals surface area contributed by atoms with Crippen molar-refractivity contribution in [1.29, 1.82) is 0 Å². The molecule has 0 aliphatic heterocycles. The van der Waals surface area contributed by atoms with E-state index >= 15 is 0 Å².